The largest absolute Gasteiger partial charge is 0.450 e. The first-order valence-corrected chi connectivity index (χ1v) is 33.6. The number of rotatable bonds is 15. The van der Waals surface area contributed by atoms with Gasteiger partial charge >= 0.3 is 5.97 Å². The van der Waals surface area contributed by atoms with E-state index in [1.54, 1.807) is 32.7 Å². The Morgan fingerprint density at radius 3 is 1.76 bits per heavy atom. The minimum Gasteiger partial charge on any atom is -0.450 e. The number of carbonyl (C=O) groups excluding carboxylic acids is 9. The third kappa shape index (κ3) is 18.2. The van der Waals surface area contributed by atoms with Crippen LogP contribution >= 0.6 is 0 Å². The van der Waals surface area contributed by atoms with Gasteiger partial charge < -0.3 is 49.5 Å². The highest BCUT2D eigenvalue weighted by atomic mass is 16.6. The molecule has 3 fully saturated rings. The zero-order valence-corrected chi connectivity index (χ0v) is 58.1. The second kappa shape index (κ2) is 32.7. The Kier molecular flexibility index (Phi) is 26.3. The molecule has 0 bridgehead atoms. The van der Waals surface area contributed by atoms with Crippen molar-refractivity contribution in [2.24, 2.45) is 41.4 Å². The molecule has 2 N–H and O–H groups in total. The number of hydrogen-bond acceptors (Lipinski definition) is 13. The molecule has 3 aromatic rings. The normalized spacial score (nSPS) is 25.8. The second-order valence-corrected chi connectivity index (χ2v) is 28.3. The molecule has 3 unspecified atom stereocenters. The number of aliphatic hydroxyl groups is 1. The number of ether oxygens (including phenoxy) is 1. The van der Waals surface area contributed by atoms with Gasteiger partial charge in [-0.25, -0.2) is 4.79 Å². The third-order valence-corrected chi connectivity index (χ3v) is 19.6. The predicted octanol–water partition coefficient (Wildman–Crippen LogP) is 7.97. The van der Waals surface area contributed by atoms with Crippen LogP contribution in [0.4, 0.5) is 5.69 Å². The molecule has 92 heavy (non-hydrogen) atoms. The van der Waals surface area contributed by atoms with Crippen molar-refractivity contribution >= 4 is 58.7 Å². The number of cyclic esters (lactones) is 1. The van der Waals surface area contributed by atoms with E-state index in [-0.39, 0.29) is 56.3 Å². The Morgan fingerprint density at radius 1 is 0.587 bits per heavy atom. The molecule has 0 radical (unpaired) electrons. The number of carbonyl (C=O) groups is 9. The molecular formula is C73H108N8O11. The van der Waals surface area contributed by atoms with E-state index in [0.717, 1.165) is 53.5 Å². The van der Waals surface area contributed by atoms with E-state index in [9.17, 15) is 19.5 Å². The molecule has 3 saturated heterocycles. The van der Waals surface area contributed by atoms with Crippen LogP contribution in [0.5, 0.6) is 0 Å². The fraction of sp³-hybridized carbons (Fsp3) is 0.630. The summed E-state index contributed by atoms with van der Waals surface area (Å²) in [5.74, 6) is -9.42. The van der Waals surface area contributed by atoms with Crippen LogP contribution in [0.3, 0.4) is 0 Å². The van der Waals surface area contributed by atoms with Crippen molar-refractivity contribution in [2.45, 2.75) is 189 Å². The van der Waals surface area contributed by atoms with Crippen LogP contribution in [0.1, 0.15) is 139 Å². The van der Waals surface area contributed by atoms with Crippen LogP contribution in [0, 0.1) is 41.4 Å². The number of benzene rings is 3. The molecule has 0 aliphatic carbocycles. The molecule has 11 atom stereocenters. The molecule has 3 heterocycles. The van der Waals surface area contributed by atoms with E-state index in [2.05, 4.69) is 46.4 Å². The summed E-state index contributed by atoms with van der Waals surface area (Å²) >= 11 is 0. The number of esters is 1. The lowest BCUT2D eigenvalue weighted by Gasteiger charge is -2.39. The van der Waals surface area contributed by atoms with Crippen LogP contribution in [0.2, 0.25) is 0 Å². The van der Waals surface area contributed by atoms with Crippen LogP contribution < -0.4 is 10.2 Å². The number of nitrogens with one attached hydrogen (secondary N) is 1. The lowest BCUT2D eigenvalue weighted by molar-refractivity contribution is -0.178. The first-order valence-electron chi connectivity index (χ1n) is 33.6. The van der Waals surface area contributed by atoms with Gasteiger partial charge in [-0.15, -0.1) is 0 Å². The van der Waals surface area contributed by atoms with Gasteiger partial charge in [-0.05, 0) is 105 Å². The van der Waals surface area contributed by atoms with Crippen molar-refractivity contribution in [3.8, 4) is 11.1 Å². The first kappa shape index (κ1) is 74.1. The predicted molar refractivity (Wildman–Crippen MR) is 359 cm³/mol. The molecule has 19 nitrogen and oxygen atoms in total. The summed E-state index contributed by atoms with van der Waals surface area (Å²) in [5.41, 5.74) is 2.47. The van der Waals surface area contributed by atoms with E-state index in [4.69, 9.17) is 4.74 Å². The molecule has 0 saturated carbocycles. The van der Waals surface area contributed by atoms with Gasteiger partial charge in [0.1, 0.15) is 18.1 Å². The van der Waals surface area contributed by atoms with Crippen LogP contribution in [-0.2, 0) is 60.7 Å². The number of piperazine rings is 1. The standard InChI is InChI=1S/C73H108N8O11/c1-18-48(9)56-44-60(82)58-29-24-34-81(58)70(88)59(42-51-27-23-28-53(40-51)52-30-32-55(33-31-52)80-37-35-75(13)36-38-80)76(14)69(87)57(41-50-25-21-20-22-26-50)74-66(84)63(47(7)8)78(16)71(89)64(49(10)19-2)92-72(90)65(73(11,12)91)79(17)67(85)54(39-45(3)4)43-61(83)62(46(5)6)77(15)68(56)86/h20-23,25-28,30-33,40,45-49,54,56-59,62-65,91H,18-19,24,29,34-39,41-44H2,1-17H3,(H,74,84)/t48?,49?,54?,56-,57-,58-,59-,62-,63-,64+,65+/m0/s1. The monoisotopic (exact) mass is 1270 g/mol. The summed E-state index contributed by atoms with van der Waals surface area (Å²) in [6.07, 6.45) is -0.205. The summed E-state index contributed by atoms with van der Waals surface area (Å²) in [5, 5.41) is 14.8. The second-order valence-electron chi connectivity index (χ2n) is 28.3. The minimum atomic E-state index is -1.95. The quantitative estimate of drug-likeness (QED) is 0.138. The van der Waals surface area contributed by atoms with Crippen molar-refractivity contribution in [3.05, 3.63) is 90.0 Å². The van der Waals surface area contributed by atoms with Crippen molar-refractivity contribution in [3.63, 3.8) is 0 Å². The average molecular weight is 1270 g/mol. The van der Waals surface area contributed by atoms with Crippen molar-refractivity contribution in [2.75, 3.05) is 72.9 Å². The van der Waals surface area contributed by atoms with E-state index in [0.29, 0.717) is 31.2 Å². The van der Waals surface area contributed by atoms with Gasteiger partial charge in [0, 0.05) is 110 Å². The highest BCUT2D eigenvalue weighted by molar-refractivity contribution is 5.99. The summed E-state index contributed by atoms with van der Waals surface area (Å²) in [6.45, 7) is 25.0. The Morgan fingerprint density at radius 2 is 1.18 bits per heavy atom. The molecule has 506 valence electrons. The topological polar surface area (TPSA) is 218 Å². The molecule has 3 aromatic carbocycles. The van der Waals surface area contributed by atoms with E-state index >= 15 is 28.8 Å². The van der Waals surface area contributed by atoms with E-state index in [1.165, 1.54) is 49.7 Å². The fourth-order valence-corrected chi connectivity index (χ4v) is 13.9. The third-order valence-electron chi connectivity index (χ3n) is 19.6. The molecular weight excluding hydrogens is 1160 g/mol. The number of ketones is 2. The Hall–Kier alpha value is -6.99. The van der Waals surface area contributed by atoms with Gasteiger partial charge in [0.25, 0.3) is 5.91 Å². The summed E-state index contributed by atoms with van der Waals surface area (Å²) < 4.78 is 6.18. The van der Waals surface area contributed by atoms with Gasteiger partial charge in [-0.3, -0.25) is 38.4 Å². The Balaban J connectivity index is 1.50. The minimum absolute atomic E-state index is 0.0119. The molecule has 0 spiro atoms. The summed E-state index contributed by atoms with van der Waals surface area (Å²) in [6, 6.07) is 17.9. The molecule has 3 aliphatic heterocycles. The zero-order chi connectivity index (χ0) is 68.2. The zero-order valence-electron chi connectivity index (χ0n) is 58.1. The highest BCUT2D eigenvalue weighted by Gasteiger charge is 2.48. The molecule has 3 aliphatic rings. The van der Waals surface area contributed by atoms with Gasteiger partial charge in [0.2, 0.25) is 29.5 Å². The highest BCUT2D eigenvalue weighted by Crippen LogP contribution is 2.33. The fourth-order valence-electron chi connectivity index (χ4n) is 13.9. The lowest BCUT2D eigenvalue weighted by Crippen LogP contribution is -2.61. The maximum Gasteiger partial charge on any atom is 0.332 e. The number of amides is 6. The maximum atomic E-state index is 15.9. The maximum absolute atomic E-state index is 15.9. The number of fused-ring (bicyclic) bond motifs is 1. The van der Waals surface area contributed by atoms with Gasteiger partial charge in [-0.1, -0.05) is 142 Å². The Labute approximate surface area is 548 Å². The van der Waals surface area contributed by atoms with Crippen LogP contribution in [-0.4, -0.2) is 203 Å². The number of nitrogens with zero attached hydrogens (tertiary/aromatic N) is 7. The van der Waals surface area contributed by atoms with Gasteiger partial charge in [0.05, 0.1) is 17.7 Å². The lowest BCUT2D eigenvalue weighted by atomic mass is 9.82. The smallest absolute Gasteiger partial charge is 0.332 e. The molecule has 19 heteroatoms. The number of Topliss-reactive ketones (excluding diaryl/α,β-unsaturated/α-hetero) is 2. The Bertz CT molecular complexity index is 3030. The van der Waals surface area contributed by atoms with Crippen molar-refractivity contribution in [1.82, 2.24) is 34.7 Å². The molecule has 6 rings (SSSR count). The van der Waals surface area contributed by atoms with Crippen molar-refractivity contribution in [1.29, 1.82) is 0 Å². The van der Waals surface area contributed by atoms with Crippen molar-refractivity contribution < 1.29 is 53.0 Å². The first-order chi connectivity index (χ1) is 43.3. The number of hydrogen-bond donors (Lipinski definition) is 2. The number of anilines is 1. The summed E-state index contributed by atoms with van der Waals surface area (Å²) in [4.78, 5) is 148. The SMILES string of the molecule is CCC(C)[C@@H]1CC(=O)[C@@H]2CCCN2C(=O)[C@H](Cc2cccc(-c3ccc(N4CCN(C)CC4)cc3)c2)N(C)C(=O)[C@H](Cc2ccccc2)NC(=O)[C@H](C(C)C)N(C)C(=O)[C@@H](C(C)CC)OC(=O)[C@H](C(C)(C)O)N(C)C(=O)C(CC(C)C)CC(=O)[C@H](C(C)C)N(C)C1=O. The molecule has 0 aromatic heterocycles. The van der Waals surface area contributed by atoms with Crippen LogP contribution in [0.25, 0.3) is 11.1 Å². The summed E-state index contributed by atoms with van der Waals surface area (Å²) in [7, 11) is 8.01. The van der Waals surface area contributed by atoms with E-state index in [1.807, 2.05) is 103 Å². The van der Waals surface area contributed by atoms with E-state index < -0.39 is 125 Å². The molecule has 6 amide bonds. The van der Waals surface area contributed by atoms with Gasteiger partial charge in [0.15, 0.2) is 23.7 Å². The average Bonchev–Trinajstić information content (AvgIpc) is 1.31. The van der Waals surface area contributed by atoms with Crippen LogP contribution in [0.15, 0.2) is 78.9 Å². The van der Waals surface area contributed by atoms with Gasteiger partial charge in [-0.2, -0.15) is 0 Å². The number of likely N-dealkylation sites (N-methyl/N-ethyl adjacent to an activating group) is 5.